The molecule has 0 saturated carbocycles. The van der Waals surface area contributed by atoms with Gasteiger partial charge in [-0.2, -0.15) is 0 Å². The molecule has 0 spiro atoms. The van der Waals surface area contributed by atoms with E-state index in [1.807, 2.05) is 30.3 Å². The highest BCUT2D eigenvalue weighted by molar-refractivity contribution is 6.22. The van der Waals surface area contributed by atoms with Crippen molar-refractivity contribution in [3.05, 3.63) is 95.1 Å². The number of carbonyl (C=O) groups excluding carboxylic acids is 5. The number of ether oxygens (including phenoxy) is 1. The highest BCUT2D eigenvalue weighted by Gasteiger charge is 2.44. The average molecular weight is 498 g/mol. The standard InChI is InChI=1S/C28H23N3O6/c1-28(2)27(36)29-21-10-6-7-11-22(21)31(28)23(32)16-37-26(35)18-12-13-19-20(14-18)25(34)30(24(19)33)15-17-8-4-3-5-9-17/h3-14H,15-16H2,1-2H3,(H,29,36). The predicted molar refractivity (Wildman–Crippen MR) is 134 cm³/mol. The number of benzene rings is 3. The summed E-state index contributed by atoms with van der Waals surface area (Å²) in [6, 6.07) is 20.1. The highest BCUT2D eigenvalue weighted by Crippen LogP contribution is 2.36. The molecule has 1 N–H and O–H groups in total. The number of amides is 4. The van der Waals surface area contributed by atoms with Gasteiger partial charge in [-0.3, -0.25) is 29.0 Å². The summed E-state index contributed by atoms with van der Waals surface area (Å²) in [5, 5.41) is 2.77. The molecule has 186 valence electrons. The van der Waals surface area contributed by atoms with Gasteiger partial charge in [0, 0.05) is 0 Å². The van der Waals surface area contributed by atoms with Gasteiger partial charge in [0.05, 0.1) is 34.6 Å². The van der Waals surface area contributed by atoms with Crippen LogP contribution >= 0.6 is 0 Å². The van der Waals surface area contributed by atoms with Crippen molar-refractivity contribution in [3.63, 3.8) is 0 Å². The molecule has 2 aliphatic rings. The Balaban J connectivity index is 1.31. The van der Waals surface area contributed by atoms with Crippen LogP contribution in [0.3, 0.4) is 0 Å². The molecule has 0 unspecified atom stereocenters. The van der Waals surface area contributed by atoms with E-state index in [9.17, 15) is 24.0 Å². The lowest BCUT2D eigenvalue weighted by Crippen LogP contribution is -2.59. The van der Waals surface area contributed by atoms with Crippen LogP contribution in [0.5, 0.6) is 0 Å². The van der Waals surface area contributed by atoms with Crippen LogP contribution in [0.1, 0.15) is 50.5 Å². The molecule has 0 atom stereocenters. The largest absolute Gasteiger partial charge is 0.452 e. The fourth-order valence-corrected chi connectivity index (χ4v) is 4.50. The SMILES string of the molecule is CC1(C)C(=O)Nc2ccccc2N1C(=O)COC(=O)c1ccc2c(c1)C(=O)N(Cc1ccccc1)C2=O. The van der Waals surface area contributed by atoms with Crippen LogP contribution < -0.4 is 10.2 Å². The molecule has 2 heterocycles. The minimum Gasteiger partial charge on any atom is -0.452 e. The third-order valence-corrected chi connectivity index (χ3v) is 6.47. The Morgan fingerprint density at radius 3 is 2.30 bits per heavy atom. The minimum atomic E-state index is -1.21. The number of rotatable bonds is 5. The number of hydrogen-bond donors (Lipinski definition) is 1. The first-order chi connectivity index (χ1) is 17.7. The Bertz CT molecular complexity index is 1460. The molecule has 0 aromatic heterocycles. The number of anilines is 2. The molecular weight excluding hydrogens is 474 g/mol. The number of hydrogen-bond acceptors (Lipinski definition) is 6. The van der Waals surface area contributed by atoms with Crippen LogP contribution in [-0.2, 0) is 20.9 Å². The number of nitrogens with zero attached hydrogens (tertiary/aromatic N) is 2. The topological polar surface area (TPSA) is 113 Å². The van der Waals surface area contributed by atoms with Crippen molar-refractivity contribution in [1.82, 2.24) is 4.90 Å². The van der Waals surface area contributed by atoms with E-state index < -0.39 is 35.8 Å². The van der Waals surface area contributed by atoms with E-state index in [0.29, 0.717) is 11.4 Å². The van der Waals surface area contributed by atoms with Gasteiger partial charge in [0.1, 0.15) is 5.54 Å². The fourth-order valence-electron chi connectivity index (χ4n) is 4.50. The normalized spacial score (nSPS) is 15.7. The molecular formula is C28H23N3O6. The second kappa shape index (κ2) is 9.02. The number of nitrogens with one attached hydrogen (secondary N) is 1. The summed E-state index contributed by atoms with van der Waals surface area (Å²) in [6.07, 6.45) is 0. The molecule has 0 radical (unpaired) electrons. The van der Waals surface area contributed by atoms with Crippen LogP contribution in [-0.4, -0.2) is 46.6 Å². The minimum absolute atomic E-state index is 0.0327. The van der Waals surface area contributed by atoms with Gasteiger partial charge >= 0.3 is 5.97 Å². The zero-order chi connectivity index (χ0) is 26.3. The van der Waals surface area contributed by atoms with Crippen LogP contribution in [0.2, 0.25) is 0 Å². The molecule has 4 amide bonds. The number of fused-ring (bicyclic) bond motifs is 2. The predicted octanol–water partition coefficient (Wildman–Crippen LogP) is 3.40. The van der Waals surface area contributed by atoms with Crippen molar-refractivity contribution in [2.45, 2.75) is 25.9 Å². The van der Waals surface area contributed by atoms with Gasteiger partial charge in [-0.25, -0.2) is 4.79 Å². The molecule has 2 aliphatic heterocycles. The van der Waals surface area contributed by atoms with Crippen LogP contribution in [0.15, 0.2) is 72.8 Å². The molecule has 5 rings (SSSR count). The number of para-hydroxylation sites is 2. The van der Waals surface area contributed by atoms with Gasteiger partial charge in [-0.1, -0.05) is 42.5 Å². The van der Waals surface area contributed by atoms with Gasteiger partial charge in [-0.05, 0) is 49.7 Å². The lowest BCUT2D eigenvalue weighted by molar-refractivity contribution is -0.128. The summed E-state index contributed by atoms with van der Waals surface area (Å²) in [6.45, 7) is 2.70. The lowest BCUT2D eigenvalue weighted by Gasteiger charge is -2.41. The summed E-state index contributed by atoms with van der Waals surface area (Å²) in [5.74, 6) is -2.73. The summed E-state index contributed by atoms with van der Waals surface area (Å²) < 4.78 is 5.26. The number of esters is 1. The van der Waals surface area contributed by atoms with Crippen molar-refractivity contribution in [2.75, 3.05) is 16.8 Å². The smallest absolute Gasteiger partial charge is 0.338 e. The maximum absolute atomic E-state index is 13.1. The molecule has 37 heavy (non-hydrogen) atoms. The summed E-state index contributed by atoms with van der Waals surface area (Å²) in [4.78, 5) is 66.6. The molecule has 0 saturated heterocycles. The first kappa shape index (κ1) is 23.9. The zero-order valence-corrected chi connectivity index (χ0v) is 20.2. The summed E-state index contributed by atoms with van der Waals surface area (Å²) >= 11 is 0. The number of imide groups is 1. The summed E-state index contributed by atoms with van der Waals surface area (Å²) in [7, 11) is 0. The second-order valence-electron chi connectivity index (χ2n) is 9.28. The molecule has 9 nitrogen and oxygen atoms in total. The van der Waals surface area contributed by atoms with Crippen LogP contribution in [0.4, 0.5) is 11.4 Å². The maximum atomic E-state index is 13.1. The first-order valence-electron chi connectivity index (χ1n) is 11.6. The van der Waals surface area contributed by atoms with E-state index >= 15 is 0 Å². The quantitative estimate of drug-likeness (QED) is 0.427. The molecule has 9 heteroatoms. The van der Waals surface area contributed by atoms with E-state index in [-0.39, 0.29) is 29.1 Å². The van der Waals surface area contributed by atoms with Gasteiger partial charge in [0.15, 0.2) is 6.61 Å². The molecule has 3 aromatic rings. The van der Waals surface area contributed by atoms with Gasteiger partial charge in [-0.15, -0.1) is 0 Å². The first-order valence-corrected chi connectivity index (χ1v) is 11.6. The molecule has 3 aromatic carbocycles. The Kier molecular flexibility index (Phi) is 5.83. The van der Waals surface area contributed by atoms with Gasteiger partial charge in [0.25, 0.3) is 17.7 Å². The monoisotopic (exact) mass is 497 g/mol. The Morgan fingerprint density at radius 2 is 1.54 bits per heavy atom. The second-order valence-corrected chi connectivity index (χ2v) is 9.28. The van der Waals surface area contributed by atoms with Gasteiger partial charge < -0.3 is 10.1 Å². The average Bonchev–Trinajstić information content (AvgIpc) is 3.12. The van der Waals surface area contributed by atoms with Crippen LogP contribution in [0, 0.1) is 0 Å². The van der Waals surface area contributed by atoms with E-state index in [4.69, 9.17) is 4.74 Å². The molecule has 0 aliphatic carbocycles. The molecule has 0 fully saturated rings. The Labute approximate surface area is 212 Å². The third-order valence-electron chi connectivity index (χ3n) is 6.47. The van der Waals surface area contributed by atoms with Gasteiger partial charge in [0.2, 0.25) is 5.91 Å². The van der Waals surface area contributed by atoms with E-state index in [0.717, 1.165) is 10.5 Å². The zero-order valence-electron chi connectivity index (χ0n) is 20.2. The highest BCUT2D eigenvalue weighted by atomic mass is 16.5. The van der Waals surface area contributed by atoms with E-state index in [2.05, 4.69) is 5.32 Å². The summed E-state index contributed by atoms with van der Waals surface area (Å²) in [5.41, 5.74) is 0.897. The Hall–Kier alpha value is -4.79. The maximum Gasteiger partial charge on any atom is 0.338 e. The fraction of sp³-hybridized carbons (Fsp3) is 0.179. The number of carbonyl (C=O) groups is 5. The van der Waals surface area contributed by atoms with E-state index in [1.165, 1.54) is 23.1 Å². The van der Waals surface area contributed by atoms with Crippen molar-refractivity contribution in [2.24, 2.45) is 0 Å². The van der Waals surface area contributed by atoms with Crippen LogP contribution in [0.25, 0.3) is 0 Å². The van der Waals surface area contributed by atoms with Crippen molar-refractivity contribution < 1.29 is 28.7 Å². The van der Waals surface area contributed by atoms with Crippen molar-refractivity contribution in [1.29, 1.82) is 0 Å². The third kappa shape index (κ3) is 4.14. The molecule has 0 bridgehead atoms. The van der Waals surface area contributed by atoms with E-state index in [1.54, 1.807) is 38.1 Å². The van der Waals surface area contributed by atoms with Crippen molar-refractivity contribution >= 4 is 41.0 Å². The Morgan fingerprint density at radius 1 is 0.865 bits per heavy atom. The lowest BCUT2D eigenvalue weighted by atomic mass is 9.96. The van der Waals surface area contributed by atoms with Crippen molar-refractivity contribution in [3.8, 4) is 0 Å².